The standard InChI is InChI=1S/C13H18O2/c1-10(2)9-15-13(14)11(3)12-7-5-4-6-8-12/h4-8,10-11H,9H2,1-3H3/t11-/m1/s1. The summed E-state index contributed by atoms with van der Waals surface area (Å²) < 4.78 is 5.18. The summed E-state index contributed by atoms with van der Waals surface area (Å²) in [5, 5.41) is 0. The minimum atomic E-state index is -0.176. The van der Waals surface area contributed by atoms with Gasteiger partial charge >= 0.3 is 5.97 Å². The summed E-state index contributed by atoms with van der Waals surface area (Å²) in [5.74, 6) is 0.0665. The molecule has 0 unspecified atom stereocenters. The van der Waals surface area contributed by atoms with Crippen LogP contribution in [0, 0.1) is 5.92 Å². The van der Waals surface area contributed by atoms with Gasteiger partial charge in [-0.3, -0.25) is 4.79 Å². The van der Waals surface area contributed by atoms with E-state index >= 15 is 0 Å². The second-order valence-corrected chi connectivity index (χ2v) is 4.16. The van der Waals surface area contributed by atoms with Crippen LogP contribution in [-0.4, -0.2) is 12.6 Å². The van der Waals surface area contributed by atoms with Crippen molar-refractivity contribution < 1.29 is 9.53 Å². The molecule has 0 saturated heterocycles. The maximum atomic E-state index is 11.6. The maximum absolute atomic E-state index is 11.6. The number of carbonyl (C=O) groups is 1. The molecule has 0 spiro atoms. The molecular weight excluding hydrogens is 188 g/mol. The molecule has 1 rings (SSSR count). The molecule has 0 heterocycles. The number of hydrogen-bond donors (Lipinski definition) is 0. The first-order chi connectivity index (χ1) is 7.11. The fourth-order valence-corrected chi connectivity index (χ4v) is 1.25. The normalized spacial score (nSPS) is 12.5. The summed E-state index contributed by atoms with van der Waals surface area (Å²) in [6.07, 6.45) is 0. The lowest BCUT2D eigenvalue weighted by Crippen LogP contribution is -2.16. The fourth-order valence-electron chi connectivity index (χ4n) is 1.25. The quantitative estimate of drug-likeness (QED) is 0.708. The maximum Gasteiger partial charge on any atom is 0.313 e. The highest BCUT2D eigenvalue weighted by molar-refractivity contribution is 5.77. The van der Waals surface area contributed by atoms with Crippen molar-refractivity contribution in [2.75, 3.05) is 6.61 Å². The van der Waals surface area contributed by atoms with E-state index in [2.05, 4.69) is 0 Å². The molecule has 0 N–H and O–H groups in total. The van der Waals surface area contributed by atoms with E-state index in [0.29, 0.717) is 12.5 Å². The smallest absolute Gasteiger partial charge is 0.313 e. The van der Waals surface area contributed by atoms with Crippen LogP contribution < -0.4 is 0 Å². The van der Waals surface area contributed by atoms with Crippen LogP contribution in [0.5, 0.6) is 0 Å². The Morgan fingerprint density at radius 3 is 2.33 bits per heavy atom. The van der Waals surface area contributed by atoms with Crippen molar-refractivity contribution in [1.82, 2.24) is 0 Å². The lowest BCUT2D eigenvalue weighted by molar-refractivity contribution is -0.146. The zero-order valence-corrected chi connectivity index (χ0v) is 9.57. The molecule has 0 bridgehead atoms. The van der Waals surface area contributed by atoms with Gasteiger partial charge in [-0.2, -0.15) is 0 Å². The van der Waals surface area contributed by atoms with Crippen molar-refractivity contribution in [3.8, 4) is 0 Å². The number of ether oxygens (including phenoxy) is 1. The van der Waals surface area contributed by atoms with Crippen LogP contribution in [0.25, 0.3) is 0 Å². The van der Waals surface area contributed by atoms with Gasteiger partial charge in [0.05, 0.1) is 12.5 Å². The van der Waals surface area contributed by atoms with Crippen molar-refractivity contribution in [1.29, 1.82) is 0 Å². The van der Waals surface area contributed by atoms with Gasteiger partial charge in [0.2, 0.25) is 0 Å². The zero-order valence-electron chi connectivity index (χ0n) is 9.57. The predicted octanol–water partition coefficient (Wildman–Crippen LogP) is 2.99. The largest absolute Gasteiger partial charge is 0.465 e. The third-order valence-electron chi connectivity index (χ3n) is 2.21. The lowest BCUT2D eigenvalue weighted by Gasteiger charge is -2.12. The topological polar surface area (TPSA) is 26.3 Å². The van der Waals surface area contributed by atoms with Crippen molar-refractivity contribution in [2.24, 2.45) is 5.92 Å². The summed E-state index contributed by atoms with van der Waals surface area (Å²) in [4.78, 5) is 11.6. The van der Waals surface area contributed by atoms with Crippen LogP contribution >= 0.6 is 0 Å². The van der Waals surface area contributed by atoms with E-state index in [0.717, 1.165) is 5.56 Å². The first kappa shape index (κ1) is 11.8. The molecule has 15 heavy (non-hydrogen) atoms. The van der Waals surface area contributed by atoms with E-state index in [1.165, 1.54) is 0 Å². The first-order valence-electron chi connectivity index (χ1n) is 5.33. The van der Waals surface area contributed by atoms with Crippen LogP contribution in [0.2, 0.25) is 0 Å². The molecule has 1 aromatic carbocycles. The minimum Gasteiger partial charge on any atom is -0.465 e. The van der Waals surface area contributed by atoms with Gasteiger partial charge in [-0.25, -0.2) is 0 Å². The second kappa shape index (κ2) is 5.54. The Labute approximate surface area is 91.3 Å². The molecule has 0 amide bonds. The zero-order chi connectivity index (χ0) is 11.3. The minimum absolute atomic E-state index is 0.144. The Hall–Kier alpha value is -1.31. The number of benzene rings is 1. The van der Waals surface area contributed by atoms with Crippen molar-refractivity contribution in [3.05, 3.63) is 35.9 Å². The fraction of sp³-hybridized carbons (Fsp3) is 0.462. The molecular formula is C13H18O2. The van der Waals surface area contributed by atoms with Crippen LogP contribution in [-0.2, 0) is 9.53 Å². The molecule has 1 aromatic rings. The van der Waals surface area contributed by atoms with Crippen molar-refractivity contribution >= 4 is 5.97 Å². The molecule has 0 aliphatic heterocycles. The highest BCUT2D eigenvalue weighted by Gasteiger charge is 2.16. The van der Waals surface area contributed by atoms with Gasteiger partial charge in [-0.1, -0.05) is 44.2 Å². The summed E-state index contributed by atoms with van der Waals surface area (Å²) in [7, 11) is 0. The molecule has 82 valence electrons. The number of esters is 1. The van der Waals surface area contributed by atoms with Crippen molar-refractivity contribution in [2.45, 2.75) is 26.7 Å². The molecule has 2 nitrogen and oxygen atoms in total. The third-order valence-corrected chi connectivity index (χ3v) is 2.21. The summed E-state index contributed by atoms with van der Waals surface area (Å²) >= 11 is 0. The van der Waals surface area contributed by atoms with Crippen LogP contribution in [0.4, 0.5) is 0 Å². The highest BCUT2D eigenvalue weighted by atomic mass is 16.5. The molecule has 0 fully saturated rings. The van der Waals surface area contributed by atoms with E-state index in [-0.39, 0.29) is 11.9 Å². The van der Waals surface area contributed by atoms with E-state index in [1.54, 1.807) is 0 Å². The van der Waals surface area contributed by atoms with Gasteiger partial charge in [-0.05, 0) is 18.4 Å². The Kier molecular flexibility index (Phi) is 4.35. The van der Waals surface area contributed by atoms with Gasteiger partial charge in [0, 0.05) is 0 Å². The Morgan fingerprint density at radius 2 is 1.80 bits per heavy atom. The number of carbonyl (C=O) groups excluding carboxylic acids is 1. The Bertz CT molecular complexity index is 304. The Morgan fingerprint density at radius 1 is 1.20 bits per heavy atom. The van der Waals surface area contributed by atoms with E-state index in [4.69, 9.17) is 4.74 Å². The average Bonchev–Trinajstić information content (AvgIpc) is 2.26. The van der Waals surface area contributed by atoms with Gasteiger partial charge in [0.25, 0.3) is 0 Å². The van der Waals surface area contributed by atoms with Crippen LogP contribution in [0.3, 0.4) is 0 Å². The molecule has 1 atom stereocenters. The number of rotatable bonds is 4. The summed E-state index contributed by atoms with van der Waals surface area (Å²) in [6, 6.07) is 9.70. The average molecular weight is 206 g/mol. The van der Waals surface area contributed by atoms with Gasteiger partial charge in [0.1, 0.15) is 0 Å². The lowest BCUT2D eigenvalue weighted by atomic mass is 10.0. The summed E-state index contributed by atoms with van der Waals surface area (Å²) in [6.45, 7) is 6.43. The molecule has 2 heteroatoms. The molecule has 0 radical (unpaired) electrons. The van der Waals surface area contributed by atoms with Gasteiger partial charge in [-0.15, -0.1) is 0 Å². The molecule has 0 saturated carbocycles. The third kappa shape index (κ3) is 3.74. The highest BCUT2D eigenvalue weighted by Crippen LogP contribution is 2.16. The number of hydrogen-bond acceptors (Lipinski definition) is 2. The van der Waals surface area contributed by atoms with Crippen LogP contribution in [0.15, 0.2) is 30.3 Å². The van der Waals surface area contributed by atoms with E-state index in [1.807, 2.05) is 51.1 Å². The summed E-state index contributed by atoms with van der Waals surface area (Å²) in [5.41, 5.74) is 1.01. The monoisotopic (exact) mass is 206 g/mol. The van der Waals surface area contributed by atoms with E-state index < -0.39 is 0 Å². The van der Waals surface area contributed by atoms with Crippen LogP contribution in [0.1, 0.15) is 32.3 Å². The van der Waals surface area contributed by atoms with Crippen molar-refractivity contribution in [3.63, 3.8) is 0 Å². The molecule has 0 aromatic heterocycles. The van der Waals surface area contributed by atoms with Gasteiger partial charge < -0.3 is 4.74 Å². The second-order valence-electron chi connectivity index (χ2n) is 4.16. The molecule has 0 aliphatic carbocycles. The van der Waals surface area contributed by atoms with E-state index in [9.17, 15) is 4.79 Å². The predicted molar refractivity (Wildman–Crippen MR) is 60.7 cm³/mol. The SMILES string of the molecule is CC(C)COC(=O)[C@H](C)c1ccccc1. The van der Waals surface area contributed by atoms with Gasteiger partial charge in [0.15, 0.2) is 0 Å². The Balaban J connectivity index is 2.54. The molecule has 0 aliphatic rings. The first-order valence-corrected chi connectivity index (χ1v) is 5.33.